The predicted molar refractivity (Wildman–Crippen MR) is 144 cm³/mol. The fraction of sp³-hybridized carbons (Fsp3) is 0.481. The number of rotatable bonds is 12. The summed E-state index contributed by atoms with van der Waals surface area (Å²) >= 11 is 0. The van der Waals surface area contributed by atoms with Gasteiger partial charge >= 0.3 is 0 Å². The first-order valence-electron chi connectivity index (χ1n) is 12.1. The second-order valence-corrected chi connectivity index (χ2v) is 11.6. The Labute approximate surface area is 215 Å². The van der Waals surface area contributed by atoms with Gasteiger partial charge < -0.3 is 15.0 Å². The summed E-state index contributed by atoms with van der Waals surface area (Å²) in [6, 6.07) is 13.6. The molecule has 0 fully saturated rings. The van der Waals surface area contributed by atoms with Crippen LogP contribution in [0.4, 0.5) is 5.69 Å². The zero-order valence-electron chi connectivity index (χ0n) is 22.3. The zero-order chi connectivity index (χ0) is 27.0. The molecule has 198 valence electrons. The number of hydrogen-bond acceptors (Lipinski definition) is 5. The summed E-state index contributed by atoms with van der Waals surface area (Å²) in [4.78, 5) is 28.0. The Morgan fingerprint density at radius 1 is 0.972 bits per heavy atom. The Bertz CT molecular complexity index is 1130. The summed E-state index contributed by atoms with van der Waals surface area (Å²) in [6.07, 6.45) is 1.09. The lowest BCUT2D eigenvalue weighted by Gasteiger charge is -2.32. The van der Waals surface area contributed by atoms with Crippen LogP contribution in [0.15, 0.2) is 48.5 Å². The van der Waals surface area contributed by atoms with E-state index in [4.69, 9.17) is 4.74 Å². The molecule has 0 radical (unpaired) electrons. The smallest absolute Gasteiger partial charge is 0.244 e. The van der Waals surface area contributed by atoms with Crippen molar-refractivity contribution in [1.82, 2.24) is 10.2 Å². The number of hydrogen-bond donors (Lipinski definition) is 1. The molecule has 0 bridgehead atoms. The van der Waals surface area contributed by atoms with E-state index in [1.54, 1.807) is 38.3 Å². The Morgan fingerprint density at radius 2 is 1.58 bits per heavy atom. The van der Waals surface area contributed by atoms with Gasteiger partial charge in [-0.3, -0.25) is 13.9 Å². The minimum Gasteiger partial charge on any atom is -0.497 e. The molecule has 2 aromatic rings. The highest BCUT2D eigenvalue weighted by Crippen LogP contribution is 2.29. The third kappa shape index (κ3) is 7.98. The molecule has 0 aromatic heterocycles. The second kappa shape index (κ2) is 12.8. The number of nitrogens with one attached hydrogen (secondary N) is 1. The number of carbonyl (C=O) groups is 2. The summed E-state index contributed by atoms with van der Waals surface area (Å²) in [5, 5.41) is 2.88. The Balaban J connectivity index is 2.43. The molecule has 0 spiro atoms. The van der Waals surface area contributed by atoms with E-state index in [9.17, 15) is 18.0 Å². The van der Waals surface area contributed by atoms with Crippen LogP contribution in [0.5, 0.6) is 5.75 Å². The van der Waals surface area contributed by atoms with Crippen molar-refractivity contribution >= 4 is 27.5 Å². The van der Waals surface area contributed by atoms with Crippen molar-refractivity contribution in [2.24, 2.45) is 5.92 Å². The minimum atomic E-state index is -3.78. The van der Waals surface area contributed by atoms with Gasteiger partial charge in [-0.2, -0.15) is 0 Å². The number of ether oxygens (including phenoxy) is 1. The number of anilines is 1. The van der Waals surface area contributed by atoms with Crippen molar-refractivity contribution in [2.45, 2.75) is 53.1 Å². The van der Waals surface area contributed by atoms with Crippen LogP contribution in [0, 0.1) is 5.92 Å². The van der Waals surface area contributed by atoms with E-state index in [-0.39, 0.29) is 24.3 Å². The van der Waals surface area contributed by atoms with Crippen LogP contribution in [0.1, 0.15) is 51.7 Å². The number of sulfonamides is 1. The molecule has 2 amide bonds. The molecule has 36 heavy (non-hydrogen) atoms. The van der Waals surface area contributed by atoms with Crippen molar-refractivity contribution in [1.29, 1.82) is 0 Å². The highest BCUT2D eigenvalue weighted by atomic mass is 32.2. The highest BCUT2D eigenvalue weighted by Gasteiger charge is 2.31. The lowest BCUT2D eigenvalue weighted by Crippen LogP contribution is -2.51. The third-order valence-corrected chi connectivity index (χ3v) is 7.00. The minimum absolute atomic E-state index is 0.0525. The maximum Gasteiger partial charge on any atom is 0.244 e. The fourth-order valence-corrected chi connectivity index (χ4v) is 4.63. The summed E-state index contributed by atoms with van der Waals surface area (Å²) in [6.45, 7) is 9.77. The molecule has 8 nitrogen and oxygen atoms in total. The van der Waals surface area contributed by atoms with Gasteiger partial charge in [-0.15, -0.1) is 0 Å². The molecule has 1 N–H and O–H groups in total. The molecule has 0 saturated heterocycles. The van der Waals surface area contributed by atoms with Crippen molar-refractivity contribution in [3.8, 4) is 5.75 Å². The van der Waals surface area contributed by atoms with Gasteiger partial charge in [0.15, 0.2) is 0 Å². The van der Waals surface area contributed by atoms with Gasteiger partial charge in [-0.05, 0) is 48.1 Å². The third-order valence-electron chi connectivity index (χ3n) is 5.87. The van der Waals surface area contributed by atoms with Gasteiger partial charge in [0.2, 0.25) is 21.8 Å². The van der Waals surface area contributed by atoms with Crippen LogP contribution < -0.4 is 14.4 Å². The lowest BCUT2D eigenvalue weighted by molar-refractivity contribution is -0.139. The molecule has 2 rings (SSSR count). The Kier molecular flexibility index (Phi) is 10.3. The zero-order valence-corrected chi connectivity index (χ0v) is 23.1. The summed E-state index contributed by atoms with van der Waals surface area (Å²) < 4.78 is 32.0. The average Bonchev–Trinajstić information content (AvgIpc) is 2.83. The molecule has 0 unspecified atom stereocenters. The predicted octanol–water partition coefficient (Wildman–Crippen LogP) is 3.77. The monoisotopic (exact) mass is 517 g/mol. The summed E-state index contributed by atoms with van der Waals surface area (Å²) in [5.74, 6) is 0.214. The van der Waals surface area contributed by atoms with E-state index in [0.717, 1.165) is 21.7 Å². The largest absolute Gasteiger partial charge is 0.497 e. The maximum absolute atomic E-state index is 13.7. The van der Waals surface area contributed by atoms with Crippen molar-refractivity contribution in [2.75, 3.05) is 30.8 Å². The Morgan fingerprint density at radius 3 is 2.11 bits per heavy atom. The second-order valence-electron chi connectivity index (χ2n) is 9.67. The SMILES string of the molecule is COc1ccc(CN(C(=O)CN(c2ccccc2C(C)C)S(C)(=O)=O)[C@@H](C)C(=O)NCC(C)C)cc1. The normalized spacial score (nSPS) is 12.4. The molecular formula is C27H39N3O5S. The fourth-order valence-electron chi connectivity index (χ4n) is 3.76. The number of benzene rings is 2. The summed E-state index contributed by atoms with van der Waals surface area (Å²) in [5.41, 5.74) is 2.07. The van der Waals surface area contributed by atoms with Gasteiger partial charge in [0.1, 0.15) is 18.3 Å². The van der Waals surface area contributed by atoms with Crippen LogP contribution in [-0.4, -0.2) is 57.6 Å². The van der Waals surface area contributed by atoms with Crippen LogP contribution in [0.25, 0.3) is 0 Å². The average molecular weight is 518 g/mol. The lowest BCUT2D eigenvalue weighted by atomic mass is 10.0. The number of amides is 2. The molecule has 0 aliphatic carbocycles. The first-order chi connectivity index (χ1) is 16.8. The van der Waals surface area contributed by atoms with Crippen LogP contribution in [0.2, 0.25) is 0 Å². The number of methoxy groups -OCH3 is 1. The molecule has 0 saturated carbocycles. The topological polar surface area (TPSA) is 96.0 Å². The standard InChI is InChI=1S/C27H39N3O5S/c1-19(2)16-28-27(32)21(5)29(17-22-12-14-23(35-6)15-13-22)26(31)18-30(36(7,33)34)25-11-9-8-10-24(25)20(3)4/h8-15,19-21H,16-18H2,1-7H3,(H,28,32)/t21-/m0/s1. The van der Waals surface area contributed by atoms with Crippen molar-refractivity contribution in [3.63, 3.8) is 0 Å². The van der Waals surface area contributed by atoms with E-state index >= 15 is 0 Å². The highest BCUT2D eigenvalue weighted by molar-refractivity contribution is 7.92. The molecule has 1 atom stereocenters. The van der Waals surface area contributed by atoms with E-state index in [1.807, 2.05) is 52.0 Å². The van der Waals surface area contributed by atoms with E-state index in [0.29, 0.717) is 18.0 Å². The Hall–Kier alpha value is -3.07. The summed E-state index contributed by atoms with van der Waals surface area (Å²) in [7, 11) is -2.21. The molecule has 0 aliphatic heterocycles. The maximum atomic E-state index is 13.7. The first kappa shape index (κ1) is 29.2. The number of carbonyl (C=O) groups excluding carboxylic acids is 2. The van der Waals surface area contributed by atoms with E-state index in [1.165, 1.54) is 4.90 Å². The van der Waals surface area contributed by atoms with Crippen LogP contribution >= 0.6 is 0 Å². The van der Waals surface area contributed by atoms with Gasteiger partial charge in [-0.1, -0.05) is 58.0 Å². The van der Waals surface area contributed by atoms with E-state index in [2.05, 4.69) is 5.32 Å². The number of para-hydroxylation sites is 1. The van der Waals surface area contributed by atoms with Crippen molar-refractivity contribution in [3.05, 3.63) is 59.7 Å². The van der Waals surface area contributed by atoms with Gasteiger partial charge in [0, 0.05) is 13.1 Å². The van der Waals surface area contributed by atoms with Crippen LogP contribution in [0.3, 0.4) is 0 Å². The molecule has 9 heteroatoms. The number of nitrogens with zero attached hydrogens (tertiary/aromatic N) is 2. The van der Waals surface area contributed by atoms with Gasteiger partial charge in [-0.25, -0.2) is 8.42 Å². The molecule has 2 aromatic carbocycles. The van der Waals surface area contributed by atoms with E-state index < -0.39 is 28.5 Å². The first-order valence-corrected chi connectivity index (χ1v) is 14.0. The van der Waals surface area contributed by atoms with Crippen LogP contribution in [-0.2, 0) is 26.2 Å². The molecular weight excluding hydrogens is 478 g/mol. The van der Waals surface area contributed by atoms with Gasteiger partial charge in [0.25, 0.3) is 0 Å². The molecule has 0 aliphatic rings. The van der Waals surface area contributed by atoms with Crippen molar-refractivity contribution < 1.29 is 22.7 Å². The molecule has 0 heterocycles. The van der Waals surface area contributed by atoms with Gasteiger partial charge in [0.05, 0.1) is 19.1 Å². The quantitative estimate of drug-likeness (QED) is 0.462.